The summed E-state index contributed by atoms with van der Waals surface area (Å²) in [7, 11) is 0. The van der Waals surface area contributed by atoms with Crippen LogP contribution in [0.4, 0.5) is 0 Å². The van der Waals surface area contributed by atoms with Gasteiger partial charge in [0, 0.05) is 22.6 Å². The molecular formula is C37H35N2O3+. The van der Waals surface area contributed by atoms with Crippen molar-refractivity contribution in [3.05, 3.63) is 144 Å². The minimum atomic E-state index is -0.238. The van der Waals surface area contributed by atoms with Gasteiger partial charge in [-0.25, -0.2) is 9.97 Å². The van der Waals surface area contributed by atoms with E-state index in [2.05, 4.69) is 55.5 Å². The quantitative estimate of drug-likeness (QED) is 0.153. The molecule has 0 amide bonds. The smallest absolute Gasteiger partial charge is 0.143 e. The van der Waals surface area contributed by atoms with E-state index in [0.29, 0.717) is 19.8 Å². The van der Waals surface area contributed by atoms with Gasteiger partial charge in [0.1, 0.15) is 31.3 Å². The molecule has 2 heterocycles. The number of benzene rings is 4. The van der Waals surface area contributed by atoms with E-state index >= 15 is 0 Å². The average Bonchev–Trinajstić information content (AvgIpc) is 3.05. The molecule has 210 valence electrons. The molecule has 0 spiro atoms. The van der Waals surface area contributed by atoms with Gasteiger partial charge in [0.2, 0.25) is 0 Å². The van der Waals surface area contributed by atoms with Crippen LogP contribution in [-0.4, -0.2) is 21.7 Å². The Hall–Kier alpha value is -4.74. The number of hydrogen-bond acceptors (Lipinski definition) is 4. The predicted molar refractivity (Wildman–Crippen MR) is 169 cm³/mol. The highest BCUT2D eigenvalue weighted by Gasteiger charge is 2.29. The van der Waals surface area contributed by atoms with Crippen LogP contribution < -0.4 is 9.47 Å². The predicted octanol–water partition coefficient (Wildman–Crippen LogP) is 7.75. The van der Waals surface area contributed by atoms with E-state index in [9.17, 15) is 0 Å². The lowest BCUT2D eigenvalue weighted by Crippen LogP contribution is -2.24. The number of fused-ring (bicyclic) bond motifs is 2. The highest BCUT2D eigenvalue weighted by molar-refractivity contribution is 5.79. The third-order valence-electron chi connectivity index (χ3n) is 7.92. The Bertz CT molecular complexity index is 1660. The molecule has 6 rings (SSSR count). The van der Waals surface area contributed by atoms with Gasteiger partial charge in [0.15, 0.2) is 0 Å². The first-order valence-electron chi connectivity index (χ1n) is 14.4. The highest BCUT2D eigenvalue weighted by Crippen LogP contribution is 2.38. The molecule has 0 saturated heterocycles. The zero-order chi connectivity index (χ0) is 28.8. The molecule has 0 aliphatic carbocycles. The Kier molecular flexibility index (Phi) is 8.11. The molecule has 2 aromatic heterocycles. The summed E-state index contributed by atoms with van der Waals surface area (Å²) < 4.78 is 12.2. The lowest BCUT2D eigenvalue weighted by Gasteiger charge is -2.31. The molecule has 0 atom stereocenters. The van der Waals surface area contributed by atoms with Crippen LogP contribution in [0.5, 0.6) is 11.5 Å². The van der Waals surface area contributed by atoms with Gasteiger partial charge >= 0.3 is 0 Å². The van der Waals surface area contributed by atoms with Gasteiger partial charge in [-0.1, -0.05) is 79.7 Å². The second-order valence-corrected chi connectivity index (χ2v) is 10.8. The van der Waals surface area contributed by atoms with Gasteiger partial charge in [0.25, 0.3) is 0 Å². The van der Waals surface area contributed by atoms with Gasteiger partial charge in [-0.3, -0.25) is 0 Å². The van der Waals surface area contributed by atoms with E-state index in [-0.39, 0.29) is 5.41 Å². The number of rotatable bonds is 11. The minimum absolute atomic E-state index is 0.238. The molecule has 0 aliphatic rings. The van der Waals surface area contributed by atoms with Crippen LogP contribution in [0.3, 0.4) is 0 Å². The van der Waals surface area contributed by atoms with E-state index < -0.39 is 0 Å². The summed E-state index contributed by atoms with van der Waals surface area (Å²) >= 11 is 0. The van der Waals surface area contributed by atoms with Crippen LogP contribution in [0.15, 0.2) is 121 Å². The summed E-state index contributed by atoms with van der Waals surface area (Å²) in [6.45, 7) is 3.48. The summed E-state index contributed by atoms with van der Waals surface area (Å²) in [6.07, 6.45) is 1.69. The Morgan fingerprint density at radius 1 is 0.571 bits per heavy atom. The van der Waals surface area contributed by atoms with Crippen LogP contribution in [0.2, 0.25) is 0 Å². The standard InChI is InChI=1S/C37H34N2O3/c1-37(23-6-24-40,29-13-19-33(20-14-29)41-25-31-17-11-27-7-2-4-9-35(27)38-31)30-15-21-34(22-16-30)42-26-32-18-12-28-8-3-5-10-36(28)39-32/h2-5,7-22,40H,6,23-26H2,1H3/p+1. The zero-order valence-electron chi connectivity index (χ0n) is 23.8. The maximum absolute atomic E-state index is 7.80. The maximum atomic E-state index is 7.80. The summed E-state index contributed by atoms with van der Waals surface area (Å²) in [4.78, 5) is 9.43. The van der Waals surface area contributed by atoms with Crippen LogP contribution >= 0.6 is 0 Å². The molecular weight excluding hydrogens is 520 g/mol. The van der Waals surface area contributed by atoms with Gasteiger partial charge in [-0.05, 0) is 66.1 Å². The lowest BCUT2D eigenvalue weighted by atomic mass is 9.73. The van der Waals surface area contributed by atoms with Gasteiger partial charge in [0.05, 0.1) is 22.4 Å². The molecule has 0 bridgehead atoms. The monoisotopic (exact) mass is 555 g/mol. The summed E-state index contributed by atoms with van der Waals surface area (Å²) in [5.74, 6) is 1.62. The van der Waals surface area contributed by atoms with Crippen LogP contribution in [0, 0.1) is 0 Å². The molecule has 5 nitrogen and oxygen atoms in total. The molecule has 6 aromatic rings. The number of ether oxygens (including phenoxy) is 2. The molecule has 0 saturated carbocycles. The highest BCUT2D eigenvalue weighted by atomic mass is 16.5. The summed E-state index contributed by atoms with van der Waals surface area (Å²) in [6, 6.07) is 41.1. The first-order valence-corrected chi connectivity index (χ1v) is 14.4. The molecule has 0 radical (unpaired) electrons. The lowest BCUT2D eigenvalue weighted by molar-refractivity contribution is 0.272. The Morgan fingerprint density at radius 2 is 1.02 bits per heavy atom. The number of nitrogens with zero attached hydrogens (tertiary/aromatic N) is 2. The van der Waals surface area contributed by atoms with Crippen molar-refractivity contribution in [3.63, 3.8) is 0 Å². The van der Waals surface area contributed by atoms with E-state index in [1.54, 1.807) is 0 Å². The van der Waals surface area contributed by atoms with Gasteiger partial charge in [-0.2, -0.15) is 0 Å². The van der Waals surface area contributed by atoms with Crippen molar-refractivity contribution in [1.82, 2.24) is 9.97 Å². The largest absolute Gasteiger partial charge is 0.487 e. The fourth-order valence-electron chi connectivity index (χ4n) is 5.43. The van der Waals surface area contributed by atoms with Crippen molar-refractivity contribution in [3.8, 4) is 11.5 Å². The molecule has 42 heavy (non-hydrogen) atoms. The number of hydrogen-bond donors (Lipinski definition) is 0. The maximum Gasteiger partial charge on any atom is 0.143 e. The molecule has 5 heteroatoms. The van der Waals surface area contributed by atoms with Gasteiger partial charge < -0.3 is 14.6 Å². The molecule has 2 N–H and O–H groups in total. The fraction of sp³-hybridized carbons (Fsp3) is 0.189. The fourth-order valence-corrected chi connectivity index (χ4v) is 5.43. The van der Waals surface area contributed by atoms with E-state index in [0.717, 1.165) is 57.5 Å². The Balaban J connectivity index is 1.13. The topological polar surface area (TPSA) is 67.1 Å². The van der Waals surface area contributed by atoms with Crippen molar-refractivity contribution in [2.45, 2.75) is 38.4 Å². The average molecular weight is 556 g/mol. The third-order valence-corrected chi connectivity index (χ3v) is 7.92. The van der Waals surface area contributed by atoms with Gasteiger partial charge in [-0.15, -0.1) is 0 Å². The van der Waals surface area contributed by atoms with E-state index in [4.69, 9.17) is 24.5 Å². The van der Waals surface area contributed by atoms with Crippen molar-refractivity contribution < 1.29 is 14.6 Å². The first-order chi connectivity index (χ1) is 20.6. The van der Waals surface area contributed by atoms with Crippen molar-refractivity contribution >= 4 is 21.8 Å². The second-order valence-electron chi connectivity index (χ2n) is 10.8. The summed E-state index contributed by atoms with van der Waals surface area (Å²) in [5, 5.41) is 10.0. The number of para-hydroxylation sites is 2. The number of pyridine rings is 2. The first kappa shape index (κ1) is 27.4. The van der Waals surface area contributed by atoms with Crippen molar-refractivity contribution in [2.75, 3.05) is 6.61 Å². The van der Waals surface area contributed by atoms with Crippen molar-refractivity contribution in [1.29, 1.82) is 0 Å². The molecule has 0 aliphatic heterocycles. The van der Waals surface area contributed by atoms with Crippen LogP contribution in [0.25, 0.3) is 21.8 Å². The third kappa shape index (κ3) is 6.12. The number of aromatic nitrogens is 2. The molecule has 0 fully saturated rings. The Labute approximate surface area is 246 Å². The zero-order valence-corrected chi connectivity index (χ0v) is 23.8. The second kappa shape index (κ2) is 12.4. The Morgan fingerprint density at radius 3 is 1.48 bits per heavy atom. The normalized spacial score (nSPS) is 11.6. The van der Waals surface area contributed by atoms with E-state index in [1.165, 1.54) is 11.1 Å². The van der Waals surface area contributed by atoms with Crippen LogP contribution in [0.1, 0.15) is 42.3 Å². The van der Waals surface area contributed by atoms with Crippen molar-refractivity contribution in [2.24, 2.45) is 0 Å². The minimum Gasteiger partial charge on any atom is -0.487 e. The van der Waals surface area contributed by atoms with E-state index in [1.807, 2.05) is 72.8 Å². The SMILES string of the molecule is CC(CCC[OH2+])(c1ccc(OCc2ccc3ccccc3n2)cc1)c1ccc(OCc2ccc3ccccc3n2)cc1. The summed E-state index contributed by atoms with van der Waals surface area (Å²) in [5.41, 5.74) is 5.90. The molecule has 4 aromatic carbocycles. The molecule has 0 unspecified atom stereocenters. The van der Waals surface area contributed by atoms with Crippen LogP contribution in [-0.2, 0) is 18.6 Å².